The summed E-state index contributed by atoms with van der Waals surface area (Å²) in [4.78, 5) is 21.6. The Morgan fingerprint density at radius 3 is 2.40 bits per heavy atom. The minimum absolute atomic E-state index is 0.143. The number of sulfonamides is 1. The third kappa shape index (κ3) is 3.95. The van der Waals surface area contributed by atoms with E-state index in [0.717, 1.165) is 16.4 Å². The van der Waals surface area contributed by atoms with Crippen LogP contribution in [0, 0.1) is 10.1 Å². The highest BCUT2D eigenvalue weighted by atomic mass is 79.9. The fraction of sp³-hybridized carbons (Fsp3) is 0.0714. The molecule has 2 aromatic rings. The molecule has 0 aliphatic carbocycles. The van der Waals surface area contributed by atoms with Crippen LogP contribution < -0.4 is 15.6 Å². The zero-order valence-electron chi connectivity index (χ0n) is 12.6. The number of nitro groups is 1. The Hall–Kier alpha value is -2.50. The van der Waals surface area contributed by atoms with Gasteiger partial charge >= 0.3 is 0 Å². The summed E-state index contributed by atoms with van der Waals surface area (Å²) in [6, 6.07) is 11.2. The van der Waals surface area contributed by atoms with E-state index in [0.29, 0.717) is 4.47 Å². The van der Waals surface area contributed by atoms with Gasteiger partial charge in [0.15, 0.2) is 4.90 Å². The lowest BCUT2D eigenvalue weighted by Gasteiger charge is -2.24. The van der Waals surface area contributed by atoms with Crippen LogP contribution in [0.1, 0.15) is 0 Å². The Kier molecular flexibility index (Phi) is 5.72. The SMILES string of the molecule is NNC(=O)CN(c1ccccc1Br)S(=O)(=O)c1ccccc1[N+](=O)[O-]. The molecule has 2 rings (SSSR count). The Morgan fingerprint density at radius 2 is 1.80 bits per heavy atom. The number of rotatable bonds is 6. The summed E-state index contributed by atoms with van der Waals surface area (Å²) in [6.45, 7) is -0.645. The number of nitrogens with two attached hydrogens (primary N) is 1. The number of halogens is 1. The Morgan fingerprint density at radius 1 is 1.20 bits per heavy atom. The topological polar surface area (TPSA) is 136 Å². The third-order valence-electron chi connectivity index (χ3n) is 3.20. The number of nitrogens with zero attached hydrogens (tertiary/aromatic N) is 2. The fourth-order valence-electron chi connectivity index (χ4n) is 2.07. The van der Waals surface area contributed by atoms with E-state index >= 15 is 0 Å². The second-order valence-corrected chi connectivity index (χ2v) is 7.44. The van der Waals surface area contributed by atoms with Gasteiger partial charge in [-0.2, -0.15) is 0 Å². The first kappa shape index (κ1) is 18.8. The molecular weight excluding hydrogens is 416 g/mol. The lowest BCUT2D eigenvalue weighted by atomic mass is 10.3. The van der Waals surface area contributed by atoms with Crippen LogP contribution in [-0.2, 0) is 14.8 Å². The molecule has 0 bridgehead atoms. The number of hydrogen-bond acceptors (Lipinski definition) is 6. The van der Waals surface area contributed by atoms with E-state index in [4.69, 9.17) is 5.84 Å². The van der Waals surface area contributed by atoms with Crippen molar-refractivity contribution in [3.63, 3.8) is 0 Å². The molecule has 0 radical (unpaired) electrons. The maximum Gasteiger partial charge on any atom is 0.289 e. The highest BCUT2D eigenvalue weighted by molar-refractivity contribution is 9.10. The Labute approximate surface area is 151 Å². The monoisotopic (exact) mass is 428 g/mol. The molecule has 0 aliphatic rings. The average molecular weight is 429 g/mol. The lowest BCUT2D eigenvalue weighted by molar-refractivity contribution is -0.387. The van der Waals surface area contributed by atoms with Crippen molar-refractivity contribution in [1.82, 2.24) is 5.43 Å². The predicted molar refractivity (Wildman–Crippen MR) is 94.1 cm³/mol. The van der Waals surface area contributed by atoms with Gasteiger partial charge in [0.25, 0.3) is 21.6 Å². The van der Waals surface area contributed by atoms with Gasteiger partial charge in [0, 0.05) is 10.5 Å². The minimum Gasteiger partial charge on any atom is -0.293 e. The molecule has 25 heavy (non-hydrogen) atoms. The average Bonchev–Trinajstić information content (AvgIpc) is 2.60. The normalized spacial score (nSPS) is 11.0. The van der Waals surface area contributed by atoms with E-state index in [1.54, 1.807) is 18.2 Å². The van der Waals surface area contributed by atoms with E-state index in [2.05, 4.69) is 15.9 Å². The highest BCUT2D eigenvalue weighted by Crippen LogP contribution is 2.33. The van der Waals surface area contributed by atoms with Gasteiger partial charge in [-0.3, -0.25) is 24.6 Å². The highest BCUT2D eigenvalue weighted by Gasteiger charge is 2.33. The zero-order valence-corrected chi connectivity index (χ0v) is 15.0. The molecule has 9 nitrogen and oxygen atoms in total. The van der Waals surface area contributed by atoms with E-state index in [1.165, 1.54) is 18.2 Å². The molecule has 2 aromatic carbocycles. The molecule has 0 unspecified atom stereocenters. The number of anilines is 1. The van der Waals surface area contributed by atoms with Gasteiger partial charge in [-0.1, -0.05) is 24.3 Å². The first-order valence-electron chi connectivity index (χ1n) is 6.79. The van der Waals surface area contributed by atoms with Crippen molar-refractivity contribution in [2.45, 2.75) is 4.90 Å². The van der Waals surface area contributed by atoms with E-state index in [1.807, 2.05) is 5.43 Å². The molecule has 1 amide bonds. The van der Waals surface area contributed by atoms with Gasteiger partial charge in [-0.25, -0.2) is 14.3 Å². The summed E-state index contributed by atoms with van der Waals surface area (Å²) in [5, 5.41) is 11.2. The zero-order chi connectivity index (χ0) is 18.6. The largest absolute Gasteiger partial charge is 0.293 e. The van der Waals surface area contributed by atoms with Crippen molar-refractivity contribution in [1.29, 1.82) is 0 Å². The smallest absolute Gasteiger partial charge is 0.289 e. The quantitative estimate of drug-likeness (QED) is 0.310. The molecule has 0 aliphatic heterocycles. The van der Waals surface area contributed by atoms with Crippen molar-refractivity contribution < 1.29 is 18.1 Å². The standard InChI is InChI=1S/C14H13BrN4O5S/c15-10-5-1-2-6-11(10)18(9-14(20)17-16)25(23,24)13-8-4-3-7-12(13)19(21)22/h1-8H,9,16H2,(H,17,20). The number of amides is 1. The number of benzene rings is 2. The molecule has 11 heteroatoms. The van der Waals surface area contributed by atoms with Crippen molar-refractivity contribution in [2.75, 3.05) is 10.8 Å². The van der Waals surface area contributed by atoms with Crippen LogP contribution >= 0.6 is 15.9 Å². The summed E-state index contributed by atoms with van der Waals surface area (Å²) in [6.07, 6.45) is 0. The minimum atomic E-state index is -4.41. The van der Waals surface area contributed by atoms with Crippen LogP contribution in [0.25, 0.3) is 0 Å². The maximum atomic E-state index is 13.0. The van der Waals surface area contributed by atoms with Crippen LogP contribution in [0.3, 0.4) is 0 Å². The summed E-state index contributed by atoms with van der Waals surface area (Å²) in [5.41, 5.74) is 1.40. The van der Waals surface area contributed by atoms with Crippen LogP contribution in [0.4, 0.5) is 11.4 Å². The first-order chi connectivity index (χ1) is 11.8. The van der Waals surface area contributed by atoms with Crippen LogP contribution in [0.15, 0.2) is 57.9 Å². The molecule has 0 heterocycles. The maximum absolute atomic E-state index is 13.0. The number of carbonyl (C=O) groups excluding carboxylic acids is 1. The second-order valence-electron chi connectivity index (χ2n) is 4.76. The van der Waals surface area contributed by atoms with Crippen LogP contribution in [-0.4, -0.2) is 25.8 Å². The third-order valence-corrected chi connectivity index (χ3v) is 5.68. The number of hydrazine groups is 1. The molecular formula is C14H13BrN4O5S. The summed E-state index contributed by atoms with van der Waals surface area (Å²) in [5.74, 6) is 4.28. The second kappa shape index (κ2) is 7.59. The van der Waals surface area contributed by atoms with Gasteiger partial charge in [0.05, 0.1) is 10.6 Å². The molecule has 0 saturated heterocycles. The van der Waals surface area contributed by atoms with Gasteiger partial charge in [0.1, 0.15) is 6.54 Å². The summed E-state index contributed by atoms with van der Waals surface area (Å²) >= 11 is 3.22. The molecule has 0 aromatic heterocycles. The molecule has 132 valence electrons. The van der Waals surface area contributed by atoms with E-state index < -0.39 is 38.0 Å². The van der Waals surface area contributed by atoms with Gasteiger partial charge < -0.3 is 0 Å². The van der Waals surface area contributed by atoms with Crippen molar-refractivity contribution in [3.8, 4) is 0 Å². The Balaban J connectivity index is 2.67. The van der Waals surface area contributed by atoms with E-state index in [-0.39, 0.29) is 5.69 Å². The number of nitrogens with one attached hydrogen (secondary N) is 1. The molecule has 3 N–H and O–H groups in total. The number of carbonyl (C=O) groups is 1. The molecule has 0 atom stereocenters. The van der Waals surface area contributed by atoms with Gasteiger partial charge in [-0.05, 0) is 34.1 Å². The van der Waals surface area contributed by atoms with Crippen LogP contribution in [0.2, 0.25) is 0 Å². The first-order valence-corrected chi connectivity index (χ1v) is 9.02. The summed E-state index contributed by atoms with van der Waals surface area (Å²) < 4.78 is 27.2. The van der Waals surface area contributed by atoms with Crippen LogP contribution in [0.5, 0.6) is 0 Å². The predicted octanol–water partition coefficient (Wildman–Crippen LogP) is 1.54. The molecule has 0 saturated carbocycles. The van der Waals surface area contributed by atoms with Gasteiger partial charge in [0.2, 0.25) is 0 Å². The number of para-hydroxylation sites is 2. The molecule has 0 fully saturated rings. The van der Waals surface area contributed by atoms with Crippen molar-refractivity contribution >= 4 is 43.2 Å². The lowest BCUT2D eigenvalue weighted by Crippen LogP contribution is -2.43. The Bertz CT molecular complexity index is 919. The van der Waals surface area contributed by atoms with E-state index in [9.17, 15) is 23.3 Å². The fourth-order valence-corrected chi connectivity index (χ4v) is 4.29. The number of hydrogen-bond donors (Lipinski definition) is 2. The van der Waals surface area contributed by atoms with Crippen molar-refractivity contribution in [3.05, 3.63) is 63.1 Å². The summed E-state index contributed by atoms with van der Waals surface area (Å²) in [7, 11) is -4.41. The van der Waals surface area contributed by atoms with Gasteiger partial charge in [-0.15, -0.1) is 0 Å². The van der Waals surface area contributed by atoms with Crippen molar-refractivity contribution in [2.24, 2.45) is 5.84 Å². The molecule has 0 spiro atoms. The number of nitro benzene ring substituents is 1.